The third-order valence-corrected chi connectivity index (χ3v) is 3.92. The molecule has 1 heterocycles. The van der Waals surface area contributed by atoms with Crippen LogP contribution in [0.1, 0.15) is 10.4 Å². The van der Waals surface area contributed by atoms with E-state index < -0.39 is 0 Å². The van der Waals surface area contributed by atoms with E-state index in [4.69, 9.17) is 16.3 Å². The van der Waals surface area contributed by atoms with Gasteiger partial charge in [0.25, 0.3) is 5.56 Å². The van der Waals surface area contributed by atoms with Crippen molar-refractivity contribution in [1.82, 2.24) is 4.57 Å². The second kappa shape index (κ2) is 6.26. The first-order valence-corrected chi connectivity index (χ1v) is 7.42. The maximum Gasteiger partial charge on any atom is 0.258 e. The highest BCUT2D eigenvalue weighted by molar-refractivity contribution is 6.30. The van der Waals surface area contributed by atoms with E-state index in [2.05, 4.69) is 0 Å². The minimum atomic E-state index is -0.201. The predicted octanol–water partition coefficient (Wildman–Crippen LogP) is 3.55. The Morgan fingerprint density at radius 3 is 2.57 bits per heavy atom. The molecule has 0 unspecified atom stereocenters. The highest BCUT2D eigenvalue weighted by atomic mass is 35.5. The number of rotatable bonds is 4. The summed E-state index contributed by atoms with van der Waals surface area (Å²) in [4.78, 5) is 24.8. The van der Waals surface area contributed by atoms with Crippen LogP contribution in [0.15, 0.2) is 59.5 Å². The van der Waals surface area contributed by atoms with Crippen LogP contribution in [0.4, 0.5) is 0 Å². The van der Waals surface area contributed by atoms with Gasteiger partial charge in [0, 0.05) is 22.2 Å². The maximum absolute atomic E-state index is 12.5. The lowest BCUT2D eigenvalue weighted by atomic mass is 10.1. The summed E-state index contributed by atoms with van der Waals surface area (Å²) in [5, 5.41) is 1.90. The van der Waals surface area contributed by atoms with Gasteiger partial charge in [-0.3, -0.25) is 9.59 Å². The lowest BCUT2D eigenvalue weighted by Crippen LogP contribution is -2.23. The number of methoxy groups -OCH3 is 1. The van der Waals surface area contributed by atoms with Crippen LogP contribution in [0.2, 0.25) is 5.02 Å². The number of halogens is 1. The number of benzene rings is 2. The fraction of sp³-hybridized carbons (Fsp3) is 0.111. The van der Waals surface area contributed by atoms with Crippen molar-refractivity contribution < 1.29 is 9.53 Å². The van der Waals surface area contributed by atoms with Gasteiger partial charge in [-0.25, -0.2) is 0 Å². The molecule has 3 aromatic rings. The topological polar surface area (TPSA) is 48.3 Å². The Morgan fingerprint density at radius 1 is 1.13 bits per heavy atom. The van der Waals surface area contributed by atoms with E-state index in [-0.39, 0.29) is 17.9 Å². The Kier molecular flexibility index (Phi) is 4.17. The number of Topliss-reactive ketones (excluding diaryl/α,β-unsaturated/α-hetero) is 1. The first-order valence-electron chi connectivity index (χ1n) is 7.04. The molecule has 5 heteroatoms. The van der Waals surface area contributed by atoms with Crippen LogP contribution in [0.3, 0.4) is 0 Å². The normalized spacial score (nSPS) is 10.7. The highest BCUT2D eigenvalue weighted by Crippen LogP contribution is 2.18. The summed E-state index contributed by atoms with van der Waals surface area (Å²) in [5.41, 5.74) is 0.323. The molecule has 0 bridgehead atoms. The summed E-state index contributed by atoms with van der Waals surface area (Å²) in [7, 11) is 1.58. The van der Waals surface area contributed by atoms with E-state index in [0.717, 1.165) is 5.39 Å². The Labute approximate surface area is 137 Å². The van der Waals surface area contributed by atoms with Crippen LogP contribution < -0.4 is 10.3 Å². The van der Waals surface area contributed by atoms with Crippen molar-refractivity contribution in [3.63, 3.8) is 0 Å². The first-order chi connectivity index (χ1) is 11.1. The molecule has 0 aliphatic heterocycles. The zero-order valence-electron chi connectivity index (χ0n) is 12.5. The van der Waals surface area contributed by atoms with Gasteiger partial charge in [-0.2, -0.15) is 0 Å². The molecule has 0 amide bonds. The molecule has 4 nitrogen and oxygen atoms in total. The number of hydrogen-bond acceptors (Lipinski definition) is 3. The highest BCUT2D eigenvalue weighted by Gasteiger charge is 2.10. The molecule has 0 fully saturated rings. The standard InChI is InChI=1S/C18H14ClNO3/c1-23-15-6-7-16-13(10-15)8-9-20(18(16)22)11-17(21)12-2-4-14(19)5-3-12/h2-10H,11H2,1H3. The molecule has 0 saturated heterocycles. The minimum Gasteiger partial charge on any atom is -0.497 e. The molecule has 116 valence electrons. The van der Waals surface area contributed by atoms with E-state index in [1.165, 1.54) is 4.57 Å². The van der Waals surface area contributed by atoms with E-state index in [0.29, 0.717) is 21.7 Å². The fourth-order valence-electron chi connectivity index (χ4n) is 2.40. The molecule has 0 atom stereocenters. The van der Waals surface area contributed by atoms with Crippen LogP contribution in [-0.4, -0.2) is 17.5 Å². The first kappa shape index (κ1) is 15.3. The number of carbonyl (C=O) groups is 1. The monoisotopic (exact) mass is 327 g/mol. The predicted molar refractivity (Wildman–Crippen MR) is 90.5 cm³/mol. The summed E-state index contributed by atoms with van der Waals surface area (Å²) >= 11 is 5.82. The van der Waals surface area contributed by atoms with Gasteiger partial charge in [-0.05, 0) is 53.9 Å². The number of ketones is 1. The molecule has 0 aliphatic rings. The lowest BCUT2D eigenvalue weighted by Gasteiger charge is -2.08. The molecular formula is C18H14ClNO3. The second-order valence-electron chi connectivity index (χ2n) is 5.13. The SMILES string of the molecule is COc1ccc2c(=O)n(CC(=O)c3ccc(Cl)cc3)ccc2c1. The van der Waals surface area contributed by atoms with Gasteiger partial charge < -0.3 is 9.30 Å². The van der Waals surface area contributed by atoms with Crippen molar-refractivity contribution >= 4 is 28.2 Å². The van der Waals surface area contributed by atoms with Crippen molar-refractivity contribution in [2.75, 3.05) is 7.11 Å². The maximum atomic E-state index is 12.5. The third-order valence-electron chi connectivity index (χ3n) is 3.66. The molecule has 0 radical (unpaired) electrons. The van der Waals surface area contributed by atoms with Gasteiger partial charge in [0.15, 0.2) is 5.78 Å². The summed E-state index contributed by atoms with van der Waals surface area (Å²) in [6.07, 6.45) is 1.62. The number of pyridine rings is 1. The Bertz CT molecular complexity index is 929. The van der Waals surface area contributed by atoms with Crippen molar-refractivity contribution in [3.8, 4) is 5.75 Å². The Balaban J connectivity index is 1.94. The largest absolute Gasteiger partial charge is 0.497 e. The summed E-state index contributed by atoms with van der Waals surface area (Å²) in [5.74, 6) is 0.545. The van der Waals surface area contributed by atoms with Gasteiger partial charge in [-0.15, -0.1) is 0 Å². The molecule has 0 N–H and O–H groups in total. The number of aromatic nitrogens is 1. The van der Waals surface area contributed by atoms with Crippen molar-refractivity contribution in [2.45, 2.75) is 6.54 Å². The summed E-state index contributed by atoms with van der Waals surface area (Å²) in [6.45, 7) is -0.0115. The zero-order valence-corrected chi connectivity index (χ0v) is 13.2. The van der Waals surface area contributed by atoms with E-state index in [1.54, 1.807) is 61.8 Å². The van der Waals surface area contributed by atoms with Crippen LogP contribution in [-0.2, 0) is 6.54 Å². The zero-order chi connectivity index (χ0) is 16.4. The van der Waals surface area contributed by atoms with Crippen LogP contribution in [0.5, 0.6) is 5.75 Å². The van der Waals surface area contributed by atoms with Crippen LogP contribution in [0, 0.1) is 0 Å². The molecule has 0 aliphatic carbocycles. The van der Waals surface area contributed by atoms with E-state index >= 15 is 0 Å². The molecule has 23 heavy (non-hydrogen) atoms. The molecule has 0 saturated carbocycles. The Hall–Kier alpha value is -2.59. The molecule has 3 rings (SSSR count). The van der Waals surface area contributed by atoms with Crippen LogP contribution in [0.25, 0.3) is 10.8 Å². The quantitative estimate of drug-likeness (QED) is 0.689. The van der Waals surface area contributed by atoms with Gasteiger partial charge in [0.1, 0.15) is 5.75 Å². The molecule has 0 spiro atoms. The van der Waals surface area contributed by atoms with Gasteiger partial charge in [0.05, 0.1) is 13.7 Å². The summed E-state index contributed by atoms with van der Waals surface area (Å²) < 4.78 is 6.56. The fourth-order valence-corrected chi connectivity index (χ4v) is 2.53. The van der Waals surface area contributed by atoms with Crippen molar-refractivity contribution in [1.29, 1.82) is 0 Å². The average molecular weight is 328 g/mol. The van der Waals surface area contributed by atoms with Crippen LogP contribution >= 0.6 is 11.6 Å². The van der Waals surface area contributed by atoms with E-state index in [9.17, 15) is 9.59 Å². The molecular weight excluding hydrogens is 314 g/mol. The third kappa shape index (κ3) is 3.12. The number of ether oxygens (including phenoxy) is 1. The van der Waals surface area contributed by atoms with Gasteiger partial charge in [0.2, 0.25) is 0 Å². The number of carbonyl (C=O) groups excluding carboxylic acids is 1. The number of fused-ring (bicyclic) bond motifs is 1. The Morgan fingerprint density at radius 2 is 1.87 bits per heavy atom. The van der Waals surface area contributed by atoms with Crippen molar-refractivity contribution in [3.05, 3.63) is 75.7 Å². The number of hydrogen-bond donors (Lipinski definition) is 0. The molecule has 1 aromatic heterocycles. The number of nitrogens with zero attached hydrogens (tertiary/aromatic N) is 1. The van der Waals surface area contributed by atoms with Gasteiger partial charge >= 0.3 is 0 Å². The van der Waals surface area contributed by atoms with Crippen molar-refractivity contribution in [2.24, 2.45) is 0 Å². The molecule has 2 aromatic carbocycles. The minimum absolute atomic E-state index is 0.0115. The average Bonchev–Trinajstić information content (AvgIpc) is 2.57. The van der Waals surface area contributed by atoms with E-state index in [1.807, 2.05) is 0 Å². The second-order valence-corrected chi connectivity index (χ2v) is 5.57. The smallest absolute Gasteiger partial charge is 0.258 e. The lowest BCUT2D eigenvalue weighted by molar-refractivity contribution is 0.0971. The van der Waals surface area contributed by atoms with Gasteiger partial charge in [-0.1, -0.05) is 11.6 Å². The summed E-state index contributed by atoms with van der Waals surface area (Å²) in [6, 6.07) is 13.7.